The van der Waals surface area contributed by atoms with Gasteiger partial charge in [-0.3, -0.25) is 4.79 Å². The van der Waals surface area contributed by atoms with Crippen LogP contribution in [0.2, 0.25) is 0 Å². The third-order valence-corrected chi connectivity index (χ3v) is 4.37. The van der Waals surface area contributed by atoms with Crippen LogP contribution in [0.4, 0.5) is 5.82 Å². The van der Waals surface area contributed by atoms with Gasteiger partial charge in [-0.25, -0.2) is 15.0 Å². The summed E-state index contributed by atoms with van der Waals surface area (Å²) in [6, 6.07) is 8.60. The van der Waals surface area contributed by atoms with E-state index in [1.807, 2.05) is 0 Å². The number of anilines is 1. The van der Waals surface area contributed by atoms with Crippen LogP contribution in [-0.4, -0.2) is 66.1 Å². The van der Waals surface area contributed by atoms with E-state index in [9.17, 15) is 20.1 Å². The molecule has 1 aliphatic heterocycles. The number of aromatic nitrogens is 4. The summed E-state index contributed by atoms with van der Waals surface area (Å²) in [5.74, 6) is -0.170. The molecule has 1 amide bonds. The van der Waals surface area contributed by atoms with Crippen LogP contribution in [0.25, 0.3) is 11.2 Å². The van der Waals surface area contributed by atoms with Gasteiger partial charge in [0.05, 0.1) is 12.9 Å². The number of imidazole rings is 1. The molecule has 1 unspecified atom stereocenters. The number of ether oxygens (including phenoxy) is 1. The minimum Gasteiger partial charge on any atom is -0.394 e. The zero-order chi connectivity index (χ0) is 19.0. The fraction of sp³-hybridized carbons (Fsp3) is 0.294. The van der Waals surface area contributed by atoms with Crippen molar-refractivity contribution >= 4 is 22.9 Å². The number of fused-ring (bicyclic) bond motifs is 1. The first-order valence-corrected chi connectivity index (χ1v) is 8.28. The van der Waals surface area contributed by atoms with Crippen molar-refractivity contribution in [3.05, 3.63) is 48.0 Å². The van der Waals surface area contributed by atoms with Crippen molar-refractivity contribution in [2.45, 2.75) is 24.4 Å². The number of aromatic amines is 1. The number of H-pyrrole nitrogens is 1. The number of amides is 1. The molecule has 27 heavy (non-hydrogen) atoms. The Balaban J connectivity index is 1.69. The standard InChI is InChI=1S/C17H17N5O5/c23-6-9-11(24)12(25)13(27-9)16-20-14-10(18-7-19-14)15(21-16)22-17(26)8-4-2-1-3-5-8/h1-5,7,9,11-13,23-25H,6H2,(H2,18,19,20,21,22,26)/t9-,11-,12+,13?/m1/s1. The molecule has 1 aromatic carbocycles. The van der Waals surface area contributed by atoms with Crippen LogP contribution < -0.4 is 5.32 Å². The third-order valence-electron chi connectivity index (χ3n) is 4.37. The van der Waals surface area contributed by atoms with Crippen LogP contribution in [0.1, 0.15) is 22.3 Å². The fourth-order valence-electron chi connectivity index (χ4n) is 2.95. The molecule has 0 spiro atoms. The maximum Gasteiger partial charge on any atom is 0.256 e. The summed E-state index contributed by atoms with van der Waals surface area (Å²) in [7, 11) is 0. The average molecular weight is 371 g/mol. The number of hydrogen-bond donors (Lipinski definition) is 5. The molecule has 4 rings (SSSR count). The highest BCUT2D eigenvalue weighted by Crippen LogP contribution is 2.33. The predicted molar refractivity (Wildman–Crippen MR) is 92.8 cm³/mol. The molecule has 3 aromatic rings. The number of benzene rings is 1. The minimum atomic E-state index is -1.32. The number of nitrogens with zero attached hydrogens (tertiary/aromatic N) is 3. The molecule has 4 atom stereocenters. The van der Waals surface area contributed by atoms with E-state index in [4.69, 9.17) is 4.74 Å². The van der Waals surface area contributed by atoms with Crippen molar-refractivity contribution in [1.82, 2.24) is 19.9 Å². The van der Waals surface area contributed by atoms with Gasteiger partial charge in [0.1, 0.15) is 29.9 Å². The molecule has 0 bridgehead atoms. The van der Waals surface area contributed by atoms with E-state index in [1.165, 1.54) is 6.33 Å². The Morgan fingerprint density at radius 2 is 1.96 bits per heavy atom. The Bertz CT molecular complexity index is 963. The zero-order valence-corrected chi connectivity index (χ0v) is 14.0. The van der Waals surface area contributed by atoms with Crippen LogP contribution in [0.5, 0.6) is 0 Å². The summed E-state index contributed by atoms with van der Waals surface area (Å²) >= 11 is 0. The van der Waals surface area contributed by atoms with Gasteiger partial charge in [-0.1, -0.05) is 18.2 Å². The van der Waals surface area contributed by atoms with Gasteiger partial charge < -0.3 is 30.4 Å². The Kier molecular flexibility index (Phi) is 4.54. The molecule has 3 heterocycles. The largest absolute Gasteiger partial charge is 0.394 e. The summed E-state index contributed by atoms with van der Waals surface area (Å²) in [6.07, 6.45) is -3.22. The number of aliphatic hydroxyl groups is 3. The number of rotatable bonds is 4. The fourth-order valence-corrected chi connectivity index (χ4v) is 2.95. The average Bonchev–Trinajstić information content (AvgIpc) is 3.27. The van der Waals surface area contributed by atoms with Gasteiger partial charge in [0.25, 0.3) is 5.91 Å². The summed E-state index contributed by atoms with van der Waals surface area (Å²) < 4.78 is 5.47. The third kappa shape index (κ3) is 3.15. The molecule has 140 valence electrons. The van der Waals surface area contributed by atoms with Crippen molar-refractivity contribution in [2.75, 3.05) is 11.9 Å². The zero-order valence-electron chi connectivity index (χ0n) is 14.0. The van der Waals surface area contributed by atoms with E-state index in [0.29, 0.717) is 11.1 Å². The molecule has 10 heteroatoms. The topological polar surface area (TPSA) is 153 Å². The summed E-state index contributed by atoms with van der Waals surface area (Å²) in [4.78, 5) is 27.9. The second kappa shape index (κ2) is 7.00. The Morgan fingerprint density at radius 3 is 2.67 bits per heavy atom. The van der Waals surface area contributed by atoms with Gasteiger partial charge >= 0.3 is 0 Å². The van der Waals surface area contributed by atoms with Crippen LogP contribution in [0.15, 0.2) is 36.7 Å². The molecule has 2 aromatic heterocycles. The van der Waals surface area contributed by atoms with E-state index in [0.717, 1.165) is 0 Å². The Labute approximate surface area is 152 Å². The lowest BCUT2D eigenvalue weighted by Crippen LogP contribution is -2.32. The van der Waals surface area contributed by atoms with Crippen molar-refractivity contribution < 1.29 is 24.9 Å². The van der Waals surface area contributed by atoms with Gasteiger partial charge in [0.2, 0.25) is 0 Å². The van der Waals surface area contributed by atoms with Crippen LogP contribution >= 0.6 is 0 Å². The molecule has 10 nitrogen and oxygen atoms in total. The SMILES string of the molecule is O=C(Nc1nc(C2O[C@H](CO)[C@@H](O)[C@@H]2O)nc2nc[nH]c12)c1ccccc1. The number of hydrogen-bond acceptors (Lipinski definition) is 8. The van der Waals surface area contributed by atoms with Crippen molar-refractivity contribution in [3.8, 4) is 0 Å². The lowest BCUT2D eigenvalue weighted by atomic mass is 10.1. The van der Waals surface area contributed by atoms with Crippen LogP contribution in [-0.2, 0) is 4.74 Å². The normalized spacial score (nSPS) is 25.0. The highest BCUT2D eigenvalue weighted by atomic mass is 16.6. The first-order chi connectivity index (χ1) is 13.1. The van der Waals surface area contributed by atoms with E-state index in [2.05, 4.69) is 25.3 Å². The molecular formula is C17H17N5O5. The Morgan fingerprint density at radius 1 is 1.19 bits per heavy atom. The van der Waals surface area contributed by atoms with Crippen molar-refractivity contribution in [3.63, 3.8) is 0 Å². The molecule has 5 N–H and O–H groups in total. The monoisotopic (exact) mass is 371 g/mol. The molecule has 0 saturated carbocycles. The van der Waals surface area contributed by atoms with Crippen molar-refractivity contribution in [2.24, 2.45) is 0 Å². The van der Waals surface area contributed by atoms with E-state index >= 15 is 0 Å². The van der Waals surface area contributed by atoms with Gasteiger partial charge in [-0.2, -0.15) is 0 Å². The van der Waals surface area contributed by atoms with Crippen molar-refractivity contribution in [1.29, 1.82) is 0 Å². The molecule has 0 aliphatic carbocycles. The van der Waals surface area contributed by atoms with E-state index in [-0.39, 0.29) is 23.2 Å². The maximum atomic E-state index is 12.5. The van der Waals surface area contributed by atoms with Gasteiger partial charge in [0.15, 0.2) is 17.3 Å². The minimum absolute atomic E-state index is 0.0421. The van der Waals surface area contributed by atoms with Crippen LogP contribution in [0.3, 0.4) is 0 Å². The summed E-state index contributed by atoms with van der Waals surface area (Å²) in [5.41, 5.74) is 1.12. The second-order valence-corrected chi connectivity index (χ2v) is 6.11. The molecular weight excluding hydrogens is 354 g/mol. The van der Waals surface area contributed by atoms with E-state index in [1.54, 1.807) is 30.3 Å². The highest BCUT2D eigenvalue weighted by Gasteiger charge is 2.44. The molecule has 1 aliphatic rings. The maximum absolute atomic E-state index is 12.5. The number of carbonyl (C=O) groups is 1. The first-order valence-electron chi connectivity index (χ1n) is 8.28. The smallest absolute Gasteiger partial charge is 0.256 e. The predicted octanol–water partition coefficient (Wildman–Crippen LogP) is -0.241. The lowest BCUT2D eigenvalue weighted by molar-refractivity contribution is -0.0251. The molecule has 0 radical (unpaired) electrons. The number of aliphatic hydroxyl groups excluding tert-OH is 3. The Hall–Kier alpha value is -2.92. The summed E-state index contributed by atoms with van der Waals surface area (Å²) in [6.45, 7) is -0.461. The second-order valence-electron chi connectivity index (χ2n) is 6.11. The van der Waals surface area contributed by atoms with Gasteiger partial charge in [0, 0.05) is 5.56 Å². The van der Waals surface area contributed by atoms with Gasteiger partial charge in [-0.05, 0) is 12.1 Å². The summed E-state index contributed by atoms with van der Waals surface area (Å²) in [5, 5.41) is 32.1. The number of nitrogens with one attached hydrogen (secondary N) is 2. The van der Waals surface area contributed by atoms with Crippen LogP contribution in [0, 0.1) is 0 Å². The van der Waals surface area contributed by atoms with Gasteiger partial charge in [-0.15, -0.1) is 0 Å². The molecule has 1 saturated heterocycles. The van der Waals surface area contributed by atoms with E-state index < -0.39 is 31.0 Å². The quantitative estimate of drug-likeness (QED) is 0.421. The highest BCUT2D eigenvalue weighted by molar-refractivity contribution is 6.06. The molecule has 1 fully saturated rings. The first kappa shape index (κ1) is 17.5. The lowest BCUT2D eigenvalue weighted by Gasteiger charge is -2.14. The number of carbonyl (C=O) groups excluding carboxylic acids is 1.